The summed E-state index contributed by atoms with van der Waals surface area (Å²) in [5.41, 5.74) is 9.34. The maximum atomic E-state index is 12.6. The number of pyridine rings is 1. The number of nitrogens with two attached hydrogens (primary N) is 1. The van der Waals surface area contributed by atoms with E-state index in [2.05, 4.69) is 29.5 Å². The Balaban J connectivity index is 0.00000121. The lowest BCUT2D eigenvalue weighted by molar-refractivity contribution is -0.128. The van der Waals surface area contributed by atoms with Crippen LogP contribution in [-0.4, -0.2) is 21.3 Å². The molecule has 2 aromatic rings. The predicted octanol–water partition coefficient (Wildman–Crippen LogP) is 3.26. The summed E-state index contributed by atoms with van der Waals surface area (Å²) in [7, 11) is 0. The molecule has 2 fully saturated rings. The number of aromatic nitrogens is 2. The molecule has 5 nitrogen and oxygen atoms in total. The van der Waals surface area contributed by atoms with Crippen LogP contribution in [0.5, 0.6) is 0 Å². The topological polar surface area (TPSA) is 72.4 Å². The van der Waals surface area contributed by atoms with Crippen LogP contribution >= 0.6 is 24.8 Å². The molecular formula is C19H28Cl2N4O. The predicted molar refractivity (Wildman–Crippen MR) is 108 cm³/mol. The second-order valence-electron chi connectivity index (χ2n) is 7.62. The number of carbonyl (C=O) groups excluding carboxylic acids is 1. The third-order valence-corrected chi connectivity index (χ3v) is 5.88. The Labute approximate surface area is 166 Å². The summed E-state index contributed by atoms with van der Waals surface area (Å²) in [6.07, 6.45) is 9.60. The highest BCUT2D eigenvalue weighted by atomic mass is 35.5. The molecule has 2 aromatic heterocycles. The second kappa shape index (κ2) is 8.59. The number of aryl methyl sites for hydroxylation is 1. The molecule has 2 saturated carbocycles. The van der Waals surface area contributed by atoms with Gasteiger partial charge < -0.3 is 15.5 Å². The Morgan fingerprint density at radius 2 is 1.92 bits per heavy atom. The highest BCUT2D eigenvalue weighted by Crippen LogP contribution is 2.41. The Bertz CT molecular complexity index is 749. The summed E-state index contributed by atoms with van der Waals surface area (Å²) in [5.74, 6) is 1.37. The Morgan fingerprint density at radius 3 is 2.62 bits per heavy atom. The molecule has 0 spiro atoms. The lowest BCUT2D eigenvalue weighted by atomic mass is 9.65. The second-order valence-corrected chi connectivity index (χ2v) is 7.62. The average molecular weight is 399 g/mol. The molecule has 1 amide bonds. The fourth-order valence-electron chi connectivity index (χ4n) is 4.57. The van der Waals surface area contributed by atoms with Gasteiger partial charge in [0.15, 0.2) is 0 Å². The summed E-state index contributed by atoms with van der Waals surface area (Å²) in [5, 5.41) is 3.09. The van der Waals surface area contributed by atoms with Crippen LogP contribution in [0.4, 0.5) is 0 Å². The van der Waals surface area contributed by atoms with Gasteiger partial charge in [0, 0.05) is 24.4 Å². The van der Waals surface area contributed by atoms with Crippen LogP contribution in [0, 0.1) is 24.7 Å². The average Bonchev–Trinajstić information content (AvgIpc) is 2.94. The van der Waals surface area contributed by atoms with Crippen LogP contribution < -0.4 is 11.1 Å². The largest absolute Gasteiger partial charge is 0.350 e. The van der Waals surface area contributed by atoms with Crippen molar-refractivity contribution in [2.45, 2.75) is 51.6 Å². The van der Waals surface area contributed by atoms with Crippen LogP contribution in [0.3, 0.4) is 0 Å². The maximum absolute atomic E-state index is 12.6. The number of amides is 1. The van der Waals surface area contributed by atoms with Gasteiger partial charge in [-0.2, -0.15) is 0 Å². The summed E-state index contributed by atoms with van der Waals surface area (Å²) in [6.45, 7) is 2.56. The molecular weight excluding hydrogens is 371 g/mol. The first-order valence-electron chi connectivity index (χ1n) is 9.07. The highest BCUT2D eigenvalue weighted by Gasteiger charge is 2.40. The van der Waals surface area contributed by atoms with Crippen molar-refractivity contribution in [2.75, 3.05) is 0 Å². The Hall–Kier alpha value is -1.30. The lowest BCUT2D eigenvalue weighted by Gasteiger charge is -2.43. The number of imidazole rings is 1. The molecule has 0 aromatic carbocycles. The zero-order valence-electron chi connectivity index (χ0n) is 15.1. The fraction of sp³-hybridized carbons (Fsp3) is 0.579. The molecule has 2 aliphatic carbocycles. The van der Waals surface area contributed by atoms with Gasteiger partial charge >= 0.3 is 0 Å². The molecule has 0 aliphatic heterocycles. The summed E-state index contributed by atoms with van der Waals surface area (Å²) in [6, 6.07) is 4.36. The minimum Gasteiger partial charge on any atom is -0.350 e. The van der Waals surface area contributed by atoms with Crippen molar-refractivity contribution >= 4 is 36.4 Å². The van der Waals surface area contributed by atoms with Crippen molar-refractivity contribution in [3.05, 3.63) is 35.8 Å². The molecule has 3 N–H and O–H groups in total. The highest BCUT2D eigenvalue weighted by molar-refractivity contribution is 5.85. The standard InChI is InChI=1S/C19H26N4O.2ClH/c1-12-5-6-17-22-16(11-23(17)10-12)9-21-19(24)15-7-13-3-2-4-14(8-15)18(13)20;;/h5-6,10-11,13-15,18H,2-4,7-9,20H2,1H3,(H,21,24);2*1H. The van der Waals surface area contributed by atoms with Gasteiger partial charge in [0.05, 0.1) is 12.2 Å². The number of halogens is 2. The van der Waals surface area contributed by atoms with E-state index in [0.717, 1.165) is 24.2 Å². The van der Waals surface area contributed by atoms with Crippen LogP contribution in [-0.2, 0) is 11.3 Å². The zero-order chi connectivity index (χ0) is 16.7. The van der Waals surface area contributed by atoms with Crippen molar-refractivity contribution in [1.82, 2.24) is 14.7 Å². The van der Waals surface area contributed by atoms with E-state index in [0.29, 0.717) is 24.4 Å². The van der Waals surface area contributed by atoms with Gasteiger partial charge in [-0.25, -0.2) is 4.98 Å². The molecule has 144 valence electrons. The van der Waals surface area contributed by atoms with Gasteiger partial charge in [-0.3, -0.25) is 4.79 Å². The third-order valence-electron chi connectivity index (χ3n) is 5.88. The van der Waals surface area contributed by atoms with E-state index in [1.54, 1.807) is 0 Å². The van der Waals surface area contributed by atoms with Crippen LogP contribution in [0.25, 0.3) is 5.65 Å². The van der Waals surface area contributed by atoms with E-state index < -0.39 is 0 Å². The molecule has 2 heterocycles. The van der Waals surface area contributed by atoms with E-state index in [1.165, 1.54) is 24.8 Å². The van der Waals surface area contributed by atoms with Gasteiger partial charge in [-0.05, 0) is 56.1 Å². The summed E-state index contributed by atoms with van der Waals surface area (Å²) in [4.78, 5) is 17.2. The molecule has 7 heteroatoms. The first kappa shape index (κ1) is 21.0. The van der Waals surface area contributed by atoms with Gasteiger partial charge in [0.1, 0.15) is 5.65 Å². The van der Waals surface area contributed by atoms with Crippen LogP contribution in [0.2, 0.25) is 0 Å². The van der Waals surface area contributed by atoms with Crippen molar-refractivity contribution in [1.29, 1.82) is 0 Å². The monoisotopic (exact) mass is 398 g/mol. The molecule has 2 aliphatic rings. The molecule has 0 saturated heterocycles. The van der Waals surface area contributed by atoms with Gasteiger partial charge in [-0.1, -0.05) is 12.5 Å². The Morgan fingerprint density at radius 1 is 1.23 bits per heavy atom. The molecule has 2 bridgehead atoms. The normalized spacial score (nSPS) is 27.3. The molecule has 2 unspecified atom stereocenters. The fourth-order valence-corrected chi connectivity index (χ4v) is 4.57. The number of hydrogen-bond donors (Lipinski definition) is 2. The number of fused-ring (bicyclic) bond motifs is 3. The van der Waals surface area contributed by atoms with E-state index >= 15 is 0 Å². The third kappa shape index (κ3) is 4.16. The van der Waals surface area contributed by atoms with E-state index in [-0.39, 0.29) is 36.6 Å². The maximum Gasteiger partial charge on any atom is 0.223 e. The van der Waals surface area contributed by atoms with Crippen molar-refractivity contribution < 1.29 is 4.79 Å². The molecule has 2 atom stereocenters. The minimum absolute atomic E-state index is 0. The van der Waals surface area contributed by atoms with Crippen LogP contribution in [0.1, 0.15) is 43.4 Å². The first-order valence-corrected chi connectivity index (χ1v) is 9.07. The SMILES string of the molecule is Cc1ccc2nc(CNC(=O)C3CC4CCCC(C3)C4N)cn2c1.Cl.Cl. The quantitative estimate of drug-likeness (QED) is 0.832. The molecule has 0 radical (unpaired) electrons. The van der Waals surface area contributed by atoms with Gasteiger partial charge in [-0.15, -0.1) is 24.8 Å². The number of nitrogens with one attached hydrogen (secondary N) is 1. The van der Waals surface area contributed by atoms with Crippen molar-refractivity contribution in [2.24, 2.45) is 23.5 Å². The summed E-state index contributed by atoms with van der Waals surface area (Å²) >= 11 is 0. The number of rotatable bonds is 3. The number of carbonyl (C=O) groups is 1. The van der Waals surface area contributed by atoms with Gasteiger partial charge in [0.2, 0.25) is 5.91 Å². The zero-order valence-corrected chi connectivity index (χ0v) is 16.7. The van der Waals surface area contributed by atoms with E-state index in [1.807, 2.05) is 16.7 Å². The Kier molecular flexibility index (Phi) is 6.94. The van der Waals surface area contributed by atoms with Gasteiger partial charge in [0.25, 0.3) is 0 Å². The van der Waals surface area contributed by atoms with E-state index in [4.69, 9.17) is 5.73 Å². The number of hydrogen-bond acceptors (Lipinski definition) is 3. The van der Waals surface area contributed by atoms with E-state index in [9.17, 15) is 4.79 Å². The first-order chi connectivity index (χ1) is 11.6. The molecule has 4 rings (SSSR count). The van der Waals surface area contributed by atoms with Crippen molar-refractivity contribution in [3.63, 3.8) is 0 Å². The smallest absolute Gasteiger partial charge is 0.223 e. The summed E-state index contributed by atoms with van der Waals surface area (Å²) < 4.78 is 2.01. The van der Waals surface area contributed by atoms with Crippen molar-refractivity contribution in [3.8, 4) is 0 Å². The van der Waals surface area contributed by atoms with Crippen LogP contribution in [0.15, 0.2) is 24.5 Å². The lowest BCUT2D eigenvalue weighted by Crippen LogP contribution is -2.49. The number of nitrogens with zero attached hydrogens (tertiary/aromatic N) is 2. The molecule has 26 heavy (non-hydrogen) atoms. The minimum atomic E-state index is 0.